The number of carbonyl (C=O) groups is 4. The number of likely N-dealkylation sites (tertiary alicyclic amines) is 1. The quantitative estimate of drug-likeness (QED) is 0.161. The van der Waals surface area contributed by atoms with E-state index in [4.69, 9.17) is 4.98 Å². The first-order valence-electron chi connectivity index (χ1n) is 22.8. The maximum Gasteiger partial charge on any atom is 0.253 e. The van der Waals surface area contributed by atoms with Crippen molar-refractivity contribution in [3.8, 4) is 11.1 Å². The van der Waals surface area contributed by atoms with Gasteiger partial charge in [0.05, 0.1) is 23.9 Å². The normalized spacial score (nSPS) is 19.3. The fourth-order valence-electron chi connectivity index (χ4n) is 10.0. The smallest absolute Gasteiger partial charge is 0.253 e. The molecule has 1 atom stereocenters. The first-order valence-corrected chi connectivity index (χ1v) is 22.8. The van der Waals surface area contributed by atoms with Gasteiger partial charge in [0.1, 0.15) is 17.5 Å². The summed E-state index contributed by atoms with van der Waals surface area (Å²) in [7, 11) is 2.11. The number of aromatic nitrogens is 4. The van der Waals surface area contributed by atoms with Crippen molar-refractivity contribution in [3.63, 3.8) is 0 Å². The van der Waals surface area contributed by atoms with Crippen LogP contribution in [0.4, 0.5) is 15.8 Å². The Morgan fingerprint density at radius 1 is 0.815 bits per heavy atom. The number of aromatic amines is 1. The van der Waals surface area contributed by atoms with Crippen molar-refractivity contribution in [3.05, 3.63) is 108 Å². The Morgan fingerprint density at radius 3 is 2.34 bits per heavy atom. The van der Waals surface area contributed by atoms with Crippen molar-refractivity contribution >= 4 is 56.9 Å². The number of halogens is 1. The fraction of sp³-hybridized carbons (Fsp3) is 0.388. The molecule has 336 valence electrons. The number of benzene rings is 3. The number of hydrogen-bond acceptors (Lipinski definition) is 10. The Balaban J connectivity index is 0.660. The van der Waals surface area contributed by atoms with Crippen LogP contribution < -0.4 is 15.5 Å². The molecule has 0 spiro atoms. The molecule has 6 aromatic rings. The fourth-order valence-corrected chi connectivity index (χ4v) is 10.0. The van der Waals surface area contributed by atoms with Crippen molar-refractivity contribution in [1.82, 2.24) is 44.7 Å². The SMILES string of the molecule is Cn1c(CN2CCC(c3ccc(C(=O)N4CCN(C(=O)CN5CCN(c6ccc(NC7CCC(=O)NC7=O)cc6F)CC5)CC4)cc3)CC2)cc2c(-c3ccc4[nH]ncc4c3)ccnc21. The largest absolute Gasteiger partial charge is 0.374 e. The molecule has 65 heavy (non-hydrogen) atoms. The Labute approximate surface area is 376 Å². The summed E-state index contributed by atoms with van der Waals surface area (Å²) < 4.78 is 17.4. The Bertz CT molecular complexity index is 2750. The molecule has 0 radical (unpaired) electrons. The monoisotopic (exact) mass is 879 g/mol. The number of carbonyl (C=O) groups excluding carboxylic acids is 4. The van der Waals surface area contributed by atoms with E-state index in [0.717, 1.165) is 60.0 Å². The average Bonchev–Trinajstić information content (AvgIpc) is 3.93. The van der Waals surface area contributed by atoms with E-state index in [-0.39, 0.29) is 30.7 Å². The third-order valence-corrected chi connectivity index (χ3v) is 13.9. The molecule has 3 aromatic carbocycles. The number of pyridine rings is 1. The van der Waals surface area contributed by atoms with E-state index in [9.17, 15) is 19.2 Å². The maximum atomic E-state index is 15.2. The molecule has 4 aliphatic rings. The van der Waals surface area contributed by atoms with E-state index >= 15 is 4.39 Å². The van der Waals surface area contributed by atoms with Gasteiger partial charge in [-0.1, -0.05) is 18.2 Å². The molecule has 4 saturated heterocycles. The summed E-state index contributed by atoms with van der Waals surface area (Å²) in [6, 6.07) is 23.2. The van der Waals surface area contributed by atoms with Gasteiger partial charge in [-0.05, 0) is 110 Å². The lowest BCUT2D eigenvalue weighted by Crippen LogP contribution is -2.54. The van der Waals surface area contributed by atoms with Gasteiger partial charge in [-0.15, -0.1) is 0 Å². The van der Waals surface area contributed by atoms with Gasteiger partial charge in [0, 0.05) is 106 Å². The van der Waals surface area contributed by atoms with Crippen LogP contribution in [0.2, 0.25) is 0 Å². The number of anilines is 2. The molecule has 0 bridgehead atoms. The standard InChI is InChI=1S/C49H54FN11O4/c1-56-38(28-40-39(12-15-51-47(40)56)35-6-8-42-36(26-35)29-52-55-42)30-57-16-13-33(14-17-57)32-2-4-34(5-3-32)49(65)61-24-22-60(23-25-61)46(63)31-58-18-20-59(21-19-58)44-10-7-37(27-41(44)50)53-43-9-11-45(62)54-48(43)64/h2-8,10,12,15,26-29,33,43,53H,9,11,13-14,16-25,30-31H2,1H3,(H,52,55)(H,54,62,64). The molecule has 10 rings (SSSR count). The third-order valence-electron chi connectivity index (χ3n) is 13.9. The Morgan fingerprint density at radius 2 is 1.58 bits per heavy atom. The van der Waals surface area contributed by atoms with Gasteiger partial charge >= 0.3 is 0 Å². The molecule has 16 heteroatoms. The predicted molar refractivity (Wildman–Crippen MR) is 247 cm³/mol. The molecule has 0 aliphatic carbocycles. The summed E-state index contributed by atoms with van der Waals surface area (Å²) in [4.78, 5) is 65.5. The number of amides is 4. The first kappa shape index (κ1) is 42.3. The number of nitrogens with one attached hydrogen (secondary N) is 3. The van der Waals surface area contributed by atoms with E-state index in [1.807, 2.05) is 39.2 Å². The second kappa shape index (κ2) is 18.1. The number of piperazine rings is 2. The summed E-state index contributed by atoms with van der Waals surface area (Å²) in [5.41, 5.74) is 8.47. The van der Waals surface area contributed by atoms with Crippen LogP contribution in [-0.4, -0.2) is 141 Å². The minimum absolute atomic E-state index is 0.00348. The zero-order chi connectivity index (χ0) is 44.6. The van der Waals surface area contributed by atoms with Gasteiger partial charge in [0.15, 0.2) is 0 Å². The summed E-state index contributed by atoms with van der Waals surface area (Å²) in [5.74, 6) is -0.616. The molecule has 3 N–H and O–H groups in total. The Hall–Kier alpha value is -6.65. The maximum absolute atomic E-state index is 15.2. The topological polar surface area (TPSA) is 155 Å². The van der Waals surface area contributed by atoms with Crippen LogP contribution in [0.15, 0.2) is 85.2 Å². The van der Waals surface area contributed by atoms with Crippen molar-refractivity contribution in [2.75, 3.05) is 82.2 Å². The summed E-state index contributed by atoms with van der Waals surface area (Å²) >= 11 is 0. The molecule has 4 amide bonds. The molecule has 4 aliphatic heterocycles. The first-order chi connectivity index (χ1) is 31.6. The van der Waals surface area contributed by atoms with Crippen molar-refractivity contribution in [2.24, 2.45) is 7.05 Å². The second-order valence-electron chi connectivity index (χ2n) is 17.9. The van der Waals surface area contributed by atoms with Crippen LogP contribution in [0.5, 0.6) is 0 Å². The van der Waals surface area contributed by atoms with Gasteiger partial charge in [0.2, 0.25) is 17.7 Å². The minimum atomic E-state index is -0.583. The van der Waals surface area contributed by atoms with Crippen LogP contribution in [-0.2, 0) is 28.0 Å². The van der Waals surface area contributed by atoms with E-state index in [1.54, 1.807) is 12.1 Å². The molecule has 3 aromatic heterocycles. The van der Waals surface area contributed by atoms with Crippen LogP contribution in [0.25, 0.3) is 33.1 Å². The molecule has 15 nitrogen and oxygen atoms in total. The van der Waals surface area contributed by atoms with E-state index < -0.39 is 17.8 Å². The number of aryl methyl sites for hydroxylation is 1. The highest BCUT2D eigenvalue weighted by atomic mass is 19.1. The highest BCUT2D eigenvalue weighted by Crippen LogP contribution is 2.34. The number of piperidine rings is 2. The number of hydrogen-bond donors (Lipinski definition) is 3. The van der Waals surface area contributed by atoms with Crippen LogP contribution in [0, 0.1) is 5.82 Å². The van der Waals surface area contributed by atoms with E-state index in [0.29, 0.717) is 81.6 Å². The number of fused-ring (bicyclic) bond motifs is 2. The number of H-pyrrole nitrogens is 1. The minimum Gasteiger partial charge on any atom is -0.374 e. The second-order valence-corrected chi connectivity index (χ2v) is 17.9. The average molecular weight is 880 g/mol. The zero-order valence-corrected chi connectivity index (χ0v) is 36.6. The van der Waals surface area contributed by atoms with Crippen LogP contribution in [0.1, 0.15) is 53.2 Å². The van der Waals surface area contributed by atoms with Crippen molar-refractivity contribution in [1.29, 1.82) is 0 Å². The number of nitrogens with zero attached hydrogens (tertiary/aromatic N) is 8. The lowest BCUT2D eigenvalue weighted by atomic mass is 9.89. The molecule has 0 saturated carbocycles. The van der Waals surface area contributed by atoms with Gasteiger partial charge < -0.3 is 24.6 Å². The molecule has 1 unspecified atom stereocenters. The third kappa shape index (κ3) is 8.92. The molecule has 7 heterocycles. The van der Waals surface area contributed by atoms with Crippen LogP contribution >= 0.6 is 0 Å². The van der Waals surface area contributed by atoms with E-state index in [1.165, 1.54) is 22.9 Å². The van der Waals surface area contributed by atoms with Gasteiger partial charge in [-0.25, -0.2) is 9.37 Å². The number of rotatable bonds is 10. The van der Waals surface area contributed by atoms with Crippen LogP contribution in [0.3, 0.4) is 0 Å². The summed E-state index contributed by atoms with van der Waals surface area (Å²) in [6.45, 7) is 7.46. The number of imide groups is 1. The van der Waals surface area contributed by atoms with Crippen molar-refractivity contribution in [2.45, 2.75) is 44.2 Å². The molecular formula is C49H54FN11O4. The summed E-state index contributed by atoms with van der Waals surface area (Å²) in [6.07, 6.45) is 6.46. The Kier molecular flexibility index (Phi) is 11.8. The predicted octanol–water partition coefficient (Wildman–Crippen LogP) is 4.96. The van der Waals surface area contributed by atoms with E-state index in [2.05, 4.69) is 84.7 Å². The van der Waals surface area contributed by atoms with Gasteiger partial charge in [0.25, 0.3) is 5.91 Å². The van der Waals surface area contributed by atoms with Gasteiger partial charge in [-0.2, -0.15) is 5.10 Å². The lowest BCUT2D eigenvalue weighted by molar-refractivity contribution is -0.134. The zero-order valence-electron chi connectivity index (χ0n) is 36.6. The molecular weight excluding hydrogens is 826 g/mol. The molecule has 4 fully saturated rings. The van der Waals surface area contributed by atoms with Crippen molar-refractivity contribution < 1.29 is 23.6 Å². The highest BCUT2D eigenvalue weighted by molar-refractivity contribution is 6.01. The lowest BCUT2D eigenvalue weighted by Gasteiger charge is -2.38. The van der Waals surface area contributed by atoms with Gasteiger partial charge in [-0.3, -0.25) is 39.4 Å². The summed E-state index contributed by atoms with van der Waals surface area (Å²) in [5, 5.41) is 14.8. The highest BCUT2D eigenvalue weighted by Gasteiger charge is 2.30.